The average molecular weight is 417 g/mol. The summed E-state index contributed by atoms with van der Waals surface area (Å²) >= 11 is 7.21. The van der Waals surface area contributed by atoms with Crippen LogP contribution in [-0.2, 0) is 11.3 Å². The van der Waals surface area contributed by atoms with Crippen molar-refractivity contribution >= 4 is 35.3 Å². The smallest absolute Gasteiger partial charge is 0.321 e. The molecule has 0 spiro atoms. The third kappa shape index (κ3) is 5.02. The minimum atomic E-state index is -0.569. The number of amides is 3. The van der Waals surface area contributed by atoms with Gasteiger partial charge in [-0.15, -0.1) is 10.2 Å². The number of carbonyl (C=O) groups is 2. The van der Waals surface area contributed by atoms with Crippen LogP contribution in [0.3, 0.4) is 0 Å². The van der Waals surface area contributed by atoms with Crippen LogP contribution in [0.25, 0.3) is 11.4 Å². The van der Waals surface area contributed by atoms with Crippen molar-refractivity contribution in [3.8, 4) is 11.4 Å². The number of imide groups is 1. The molecule has 1 aromatic heterocycles. The van der Waals surface area contributed by atoms with E-state index in [9.17, 15) is 9.59 Å². The Morgan fingerprint density at radius 1 is 1.07 bits per heavy atom. The molecule has 0 fully saturated rings. The van der Waals surface area contributed by atoms with Gasteiger partial charge in [-0.05, 0) is 17.7 Å². The zero-order valence-corrected chi connectivity index (χ0v) is 16.2. The van der Waals surface area contributed by atoms with E-state index in [0.29, 0.717) is 28.1 Å². The standard InChI is InChI=1S/C18H17ClN6O2S/c19-14-9-5-4-8-13(14)16-23-24-18(25(16)20)28-11-15(26)22-17(27)21-10-12-6-2-1-3-7-12/h1-9H,10-11,20H2,(H2,21,22,26,27). The quantitative estimate of drug-likeness (QED) is 0.420. The number of nitrogens with zero attached hydrogens (tertiary/aromatic N) is 3. The number of nitrogens with one attached hydrogen (secondary N) is 2. The van der Waals surface area contributed by atoms with Crippen molar-refractivity contribution in [3.05, 3.63) is 65.2 Å². The van der Waals surface area contributed by atoms with Crippen LogP contribution < -0.4 is 16.5 Å². The lowest BCUT2D eigenvalue weighted by Gasteiger charge is -2.07. The summed E-state index contributed by atoms with van der Waals surface area (Å²) in [4.78, 5) is 23.8. The molecule has 1 heterocycles. The van der Waals surface area contributed by atoms with Crippen LogP contribution in [-0.4, -0.2) is 32.6 Å². The molecule has 10 heteroatoms. The van der Waals surface area contributed by atoms with Crippen LogP contribution in [0.4, 0.5) is 4.79 Å². The number of hydrogen-bond acceptors (Lipinski definition) is 6. The summed E-state index contributed by atoms with van der Waals surface area (Å²) in [6, 6.07) is 15.9. The SMILES string of the molecule is Nn1c(SCC(=O)NC(=O)NCc2ccccc2)nnc1-c1ccccc1Cl. The maximum absolute atomic E-state index is 12.0. The number of benzene rings is 2. The highest BCUT2D eigenvalue weighted by Gasteiger charge is 2.16. The van der Waals surface area contributed by atoms with Gasteiger partial charge in [0.25, 0.3) is 0 Å². The van der Waals surface area contributed by atoms with Crippen LogP contribution in [0.5, 0.6) is 0 Å². The Labute approximate surface area is 170 Å². The van der Waals surface area contributed by atoms with Crippen molar-refractivity contribution in [1.29, 1.82) is 0 Å². The van der Waals surface area contributed by atoms with Crippen molar-refractivity contribution in [3.63, 3.8) is 0 Å². The first kappa shape index (κ1) is 19.7. The molecule has 0 radical (unpaired) electrons. The van der Waals surface area contributed by atoms with E-state index in [1.54, 1.807) is 18.2 Å². The number of thioether (sulfide) groups is 1. The largest absolute Gasteiger partial charge is 0.335 e. The maximum Gasteiger partial charge on any atom is 0.321 e. The molecule has 0 saturated carbocycles. The van der Waals surface area contributed by atoms with Gasteiger partial charge >= 0.3 is 6.03 Å². The molecule has 0 saturated heterocycles. The van der Waals surface area contributed by atoms with Crippen LogP contribution in [0.1, 0.15) is 5.56 Å². The predicted octanol–water partition coefficient (Wildman–Crippen LogP) is 2.43. The molecule has 2 aromatic carbocycles. The van der Waals surface area contributed by atoms with Crippen molar-refractivity contribution in [2.45, 2.75) is 11.7 Å². The highest BCUT2D eigenvalue weighted by Crippen LogP contribution is 2.27. The summed E-state index contributed by atoms with van der Waals surface area (Å²) in [6.07, 6.45) is 0. The van der Waals surface area contributed by atoms with Gasteiger partial charge in [0.1, 0.15) is 0 Å². The summed E-state index contributed by atoms with van der Waals surface area (Å²) in [7, 11) is 0. The first-order chi connectivity index (χ1) is 13.5. The topological polar surface area (TPSA) is 115 Å². The van der Waals surface area contributed by atoms with E-state index < -0.39 is 11.9 Å². The van der Waals surface area contributed by atoms with Gasteiger partial charge in [-0.1, -0.05) is 65.8 Å². The fourth-order valence-corrected chi connectivity index (χ4v) is 3.19. The molecule has 3 amide bonds. The van der Waals surface area contributed by atoms with Gasteiger partial charge in [-0.25, -0.2) is 9.47 Å². The van der Waals surface area contributed by atoms with Gasteiger partial charge in [0, 0.05) is 12.1 Å². The lowest BCUT2D eigenvalue weighted by molar-refractivity contribution is -0.117. The fraction of sp³-hybridized carbons (Fsp3) is 0.111. The van der Waals surface area contributed by atoms with Gasteiger partial charge in [-0.2, -0.15) is 0 Å². The average Bonchev–Trinajstić information content (AvgIpc) is 3.06. The predicted molar refractivity (Wildman–Crippen MR) is 108 cm³/mol. The van der Waals surface area contributed by atoms with Crippen molar-refractivity contribution in [1.82, 2.24) is 25.5 Å². The summed E-state index contributed by atoms with van der Waals surface area (Å²) in [6.45, 7) is 0.325. The van der Waals surface area contributed by atoms with Gasteiger partial charge in [0.05, 0.1) is 10.8 Å². The summed E-state index contributed by atoms with van der Waals surface area (Å²) in [5.74, 6) is 5.87. The second-order valence-electron chi connectivity index (χ2n) is 5.66. The highest BCUT2D eigenvalue weighted by atomic mass is 35.5. The first-order valence-electron chi connectivity index (χ1n) is 8.24. The van der Waals surface area contributed by atoms with Crippen LogP contribution in [0.2, 0.25) is 5.02 Å². The van der Waals surface area contributed by atoms with Gasteiger partial charge in [-0.3, -0.25) is 10.1 Å². The van der Waals surface area contributed by atoms with Crippen LogP contribution in [0, 0.1) is 0 Å². The zero-order chi connectivity index (χ0) is 19.9. The summed E-state index contributed by atoms with van der Waals surface area (Å²) in [5, 5.41) is 13.7. The van der Waals surface area contributed by atoms with E-state index in [1.807, 2.05) is 36.4 Å². The monoisotopic (exact) mass is 416 g/mol. The number of nitrogen functional groups attached to an aromatic ring is 1. The number of rotatable bonds is 6. The Morgan fingerprint density at radius 3 is 2.54 bits per heavy atom. The Bertz CT molecular complexity index is 979. The summed E-state index contributed by atoms with van der Waals surface area (Å²) < 4.78 is 1.26. The van der Waals surface area contributed by atoms with E-state index in [2.05, 4.69) is 20.8 Å². The molecule has 3 aromatic rings. The van der Waals surface area contributed by atoms with E-state index >= 15 is 0 Å². The zero-order valence-electron chi connectivity index (χ0n) is 14.6. The second kappa shape index (κ2) is 9.25. The molecule has 0 bridgehead atoms. The molecule has 144 valence electrons. The van der Waals surface area contributed by atoms with Gasteiger partial charge in [0.2, 0.25) is 11.1 Å². The first-order valence-corrected chi connectivity index (χ1v) is 9.60. The normalized spacial score (nSPS) is 10.5. The van der Waals surface area contributed by atoms with Crippen molar-refractivity contribution < 1.29 is 9.59 Å². The molecule has 4 N–H and O–H groups in total. The number of halogens is 1. The minimum Gasteiger partial charge on any atom is -0.335 e. The number of hydrogen-bond donors (Lipinski definition) is 3. The van der Waals surface area contributed by atoms with E-state index in [-0.39, 0.29) is 5.75 Å². The Balaban J connectivity index is 1.51. The molecule has 0 aliphatic carbocycles. The lowest BCUT2D eigenvalue weighted by Crippen LogP contribution is -2.40. The molecule has 28 heavy (non-hydrogen) atoms. The van der Waals surface area contributed by atoms with Crippen LogP contribution >= 0.6 is 23.4 Å². The third-order valence-electron chi connectivity index (χ3n) is 3.66. The van der Waals surface area contributed by atoms with Crippen molar-refractivity contribution in [2.75, 3.05) is 11.6 Å². The second-order valence-corrected chi connectivity index (χ2v) is 7.01. The molecular weight excluding hydrogens is 400 g/mol. The number of urea groups is 1. The lowest BCUT2D eigenvalue weighted by atomic mass is 10.2. The Hall–Kier alpha value is -3.04. The maximum atomic E-state index is 12.0. The molecule has 3 rings (SSSR count). The number of carbonyl (C=O) groups excluding carboxylic acids is 2. The molecule has 0 atom stereocenters. The van der Waals surface area contributed by atoms with Gasteiger partial charge < -0.3 is 11.2 Å². The van der Waals surface area contributed by atoms with Crippen LogP contribution in [0.15, 0.2) is 59.8 Å². The number of aromatic nitrogens is 3. The van der Waals surface area contributed by atoms with E-state index in [4.69, 9.17) is 17.4 Å². The molecule has 8 nitrogen and oxygen atoms in total. The highest BCUT2D eigenvalue weighted by molar-refractivity contribution is 7.99. The Morgan fingerprint density at radius 2 is 1.79 bits per heavy atom. The fourth-order valence-electron chi connectivity index (χ4n) is 2.32. The molecular formula is C18H17ClN6O2S. The summed E-state index contributed by atoms with van der Waals surface area (Å²) in [5.41, 5.74) is 1.57. The third-order valence-corrected chi connectivity index (χ3v) is 4.93. The van der Waals surface area contributed by atoms with Crippen molar-refractivity contribution in [2.24, 2.45) is 0 Å². The minimum absolute atomic E-state index is 0.0450. The Kier molecular flexibility index (Phi) is 6.51. The molecule has 0 aliphatic heterocycles. The van der Waals surface area contributed by atoms with E-state index in [0.717, 1.165) is 17.3 Å². The van der Waals surface area contributed by atoms with E-state index in [1.165, 1.54) is 4.68 Å². The molecule has 0 aliphatic rings. The molecule has 0 unspecified atom stereocenters. The van der Waals surface area contributed by atoms with Gasteiger partial charge in [0.15, 0.2) is 5.82 Å². The number of nitrogens with two attached hydrogens (primary N) is 1.